The van der Waals surface area contributed by atoms with Crippen molar-refractivity contribution in [2.75, 3.05) is 7.05 Å². The zero-order valence-electron chi connectivity index (χ0n) is 12.6. The van der Waals surface area contributed by atoms with E-state index in [0.717, 1.165) is 22.2 Å². The maximum atomic E-state index is 4.39. The molecule has 112 valence electrons. The Morgan fingerprint density at radius 2 is 2.00 bits per heavy atom. The summed E-state index contributed by atoms with van der Waals surface area (Å²) in [6, 6.07) is 0.430. The average Bonchev–Trinajstić information content (AvgIpc) is 2.80. The van der Waals surface area contributed by atoms with E-state index in [9.17, 15) is 0 Å². The van der Waals surface area contributed by atoms with Gasteiger partial charge in [-0.15, -0.1) is 0 Å². The van der Waals surface area contributed by atoms with Gasteiger partial charge in [-0.1, -0.05) is 25.7 Å². The van der Waals surface area contributed by atoms with E-state index in [1.54, 1.807) is 0 Å². The first-order chi connectivity index (χ1) is 9.70. The predicted octanol–water partition coefficient (Wildman–Crippen LogP) is 4.05. The van der Waals surface area contributed by atoms with Gasteiger partial charge in [0.2, 0.25) is 0 Å². The van der Waals surface area contributed by atoms with E-state index in [4.69, 9.17) is 0 Å². The largest absolute Gasteiger partial charge is 0.311 e. The monoisotopic (exact) mass is 339 g/mol. The van der Waals surface area contributed by atoms with Crippen LogP contribution in [0.5, 0.6) is 0 Å². The average molecular weight is 340 g/mol. The number of rotatable bonds is 3. The van der Waals surface area contributed by atoms with Gasteiger partial charge in [-0.2, -0.15) is 5.10 Å². The molecule has 0 spiro atoms. The second kappa shape index (κ2) is 6.18. The summed E-state index contributed by atoms with van der Waals surface area (Å²) in [6.07, 6.45) is 12.0. The summed E-state index contributed by atoms with van der Waals surface area (Å²) in [4.78, 5) is 0. The summed E-state index contributed by atoms with van der Waals surface area (Å²) in [5.41, 5.74) is 1.31. The van der Waals surface area contributed by atoms with Crippen LogP contribution in [0, 0.1) is 17.8 Å². The van der Waals surface area contributed by atoms with Crippen LogP contribution in [-0.4, -0.2) is 16.8 Å². The molecular weight excluding hydrogens is 314 g/mol. The number of aryl methyl sites for hydroxylation is 1. The van der Waals surface area contributed by atoms with E-state index in [1.807, 2.05) is 10.9 Å². The fourth-order valence-electron chi connectivity index (χ4n) is 4.58. The van der Waals surface area contributed by atoms with Crippen LogP contribution >= 0.6 is 15.9 Å². The lowest BCUT2D eigenvalue weighted by molar-refractivity contribution is 0.109. The van der Waals surface area contributed by atoms with Crippen LogP contribution in [0.25, 0.3) is 0 Å². The van der Waals surface area contributed by atoms with Crippen LogP contribution in [0.2, 0.25) is 0 Å². The Bertz CT molecular complexity index is 437. The fraction of sp³-hybridized carbons (Fsp3) is 0.812. The Labute approximate surface area is 130 Å². The van der Waals surface area contributed by atoms with Gasteiger partial charge in [-0.05, 0) is 60.0 Å². The Hall–Kier alpha value is -0.350. The fourth-order valence-corrected chi connectivity index (χ4v) is 5.17. The van der Waals surface area contributed by atoms with Crippen molar-refractivity contribution in [1.82, 2.24) is 15.1 Å². The van der Waals surface area contributed by atoms with Crippen LogP contribution in [0.3, 0.4) is 0 Å². The van der Waals surface area contributed by atoms with Crippen molar-refractivity contribution >= 4 is 15.9 Å². The van der Waals surface area contributed by atoms with Crippen LogP contribution in [0.1, 0.15) is 56.7 Å². The molecular formula is C16H26BrN3. The SMILES string of the molecule is CNC(c1c(Br)cnn1C)C1CCC2CCCCC2C1. The summed E-state index contributed by atoms with van der Waals surface area (Å²) < 4.78 is 3.17. The number of fused-ring (bicyclic) bond motifs is 1. The van der Waals surface area contributed by atoms with Gasteiger partial charge in [-0.25, -0.2) is 0 Å². The Balaban J connectivity index is 1.77. The van der Waals surface area contributed by atoms with Gasteiger partial charge in [0.25, 0.3) is 0 Å². The van der Waals surface area contributed by atoms with Gasteiger partial charge in [0.15, 0.2) is 0 Å². The van der Waals surface area contributed by atoms with Crippen molar-refractivity contribution in [1.29, 1.82) is 0 Å². The second-order valence-electron chi connectivity index (χ2n) is 6.65. The molecule has 0 saturated heterocycles. The highest BCUT2D eigenvalue weighted by atomic mass is 79.9. The lowest BCUT2D eigenvalue weighted by Gasteiger charge is -2.42. The molecule has 0 aromatic carbocycles. The molecule has 1 aromatic heterocycles. The van der Waals surface area contributed by atoms with E-state index < -0.39 is 0 Å². The molecule has 0 amide bonds. The van der Waals surface area contributed by atoms with Crippen LogP contribution in [-0.2, 0) is 7.05 Å². The highest BCUT2D eigenvalue weighted by Gasteiger charge is 2.36. The minimum atomic E-state index is 0.430. The van der Waals surface area contributed by atoms with Crippen LogP contribution < -0.4 is 5.32 Å². The van der Waals surface area contributed by atoms with E-state index in [-0.39, 0.29) is 0 Å². The van der Waals surface area contributed by atoms with E-state index in [1.165, 1.54) is 50.6 Å². The van der Waals surface area contributed by atoms with Gasteiger partial charge in [0, 0.05) is 7.05 Å². The third-order valence-electron chi connectivity index (χ3n) is 5.59. The lowest BCUT2D eigenvalue weighted by Crippen LogP contribution is -2.35. The molecule has 2 aliphatic rings. The normalized spacial score (nSPS) is 31.9. The first-order valence-electron chi connectivity index (χ1n) is 8.05. The highest BCUT2D eigenvalue weighted by molar-refractivity contribution is 9.10. The molecule has 1 N–H and O–H groups in total. The molecule has 4 heteroatoms. The van der Waals surface area contributed by atoms with Gasteiger partial charge in [-0.3, -0.25) is 4.68 Å². The molecule has 3 nitrogen and oxygen atoms in total. The molecule has 1 heterocycles. The molecule has 2 saturated carbocycles. The Kier molecular flexibility index (Phi) is 4.51. The number of halogens is 1. The van der Waals surface area contributed by atoms with Gasteiger partial charge in [0.05, 0.1) is 22.4 Å². The van der Waals surface area contributed by atoms with Crippen molar-refractivity contribution in [2.24, 2.45) is 24.8 Å². The van der Waals surface area contributed by atoms with E-state index in [0.29, 0.717) is 6.04 Å². The van der Waals surface area contributed by atoms with Crippen molar-refractivity contribution in [3.05, 3.63) is 16.4 Å². The molecule has 20 heavy (non-hydrogen) atoms. The zero-order valence-corrected chi connectivity index (χ0v) is 14.2. The third kappa shape index (κ3) is 2.69. The third-order valence-corrected chi connectivity index (χ3v) is 6.21. The molecule has 4 unspecified atom stereocenters. The summed E-state index contributed by atoms with van der Waals surface area (Å²) in [5.74, 6) is 2.75. The lowest BCUT2D eigenvalue weighted by atomic mass is 9.66. The summed E-state index contributed by atoms with van der Waals surface area (Å²) in [6.45, 7) is 0. The first-order valence-corrected chi connectivity index (χ1v) is 8.84. The smallest absolute Gasteiger partial charge is 0.0695 e. The topological polar surface area (TPSA) is 29.9 Å². The van der Waals surface area contributed by atoms with Crippen molar-refractivity contribution in [3.8, 4) is 0 Å². The maximum absolute atomic E-state index is 4.39. The van der Waals surface area contributed by atoms with Crippen molar-refractivity contribution in [3.63, 3.8) is 0 Å². The molecule has 0 aliphatic heterocycles. The molecule has 4 atom stereocenters. The second-order valence-corrected chi connectivity index (χ2v) is 7.50. The molecule has 0 radical (unpaired) electrons. The number of nitrogens with zero attached hydrogens (tertiary/aromatic N) is 2. The van der Waals surface area contributed by atoms with E-state index >= 15 is 0 Å². The molecule has 0 bridgehead atoms. The van der Waals surface area contributed by atoms with Crippen LogP contribution in [0.15, 0.2) is 10.7 Å². The van der Waals surface area contributed by atoms with E-state index in [2.05, 4.69) is 40.4 Å². The van der Waals surface area contributed by atoms with Crippen molar-refractivity contribution < 1.29 is 0 Å². The molecule has 2 aliphatic carbocycles. The number of hydrogen-bond acceptors (Lipinski definition) is 2. The summed E-state index contributed by atoms with van der Waals surface area (Å²) in [5, 5.41) is 7.95. The maximum Gasteiger partial charge on any atom is 0.0695 e. The quantitative estimate of drug-likeness (QED) is 0.900. The summed E-state index contributed by atoms with van der Waals surface area (Å²) in [7, 11) is 4.15. The van der Waals surface area contributed by atoms with Gasteiger partial charge < -0.3 is 5.32 Å². The highest BCUT2D eigenvalue weighted by Crippen LogP contribution is 2.46. The first kappa shape index (κ1) is 14.6. The Morgan fingerprint density at radius 3 is 2.65 bits per heavy atom. The standard InChI is InChI=1S/C16H26BrN3/c1-18-15(16-14(17)10-19-20(16)2)13-8-7-11-5-3-4-6-12(11)9-13/h10-13,15,18H,3-9H2,1-2H3. The molecule has 1 aromatic rings. The van der Waals surface area contributed by atoms with Crippen LogP contribution in [0.4, 0.5) is 0 Å². The summed E-state index contributed by atoms with van der Waals surface area (Å²) >= 11 is 3.67. The Morgan fingerprint density at radius 1 is 1.25 bits per heavy atom. The number of hydrogen-bond donors (Lipinski definition) is 1. The minimum Gasteiger partial charge on any atom is -0.311 e. The molecule has 3 rings (SSSR count). The number of aromatic nitrogens is 2. The minimum absolute atomic E-state index is 0.430. The van der Waals surface area contributed by atoms with Crippen molar-refractivity contribution in [2.45, 2.75) is 51.0 Å². The number of nitrogens with one attached hydrogen (secondary N) is 1. The van der Waals surface area contributed by atoms with Gasteiger partial charge >= 0.3 is 0 Å². The predicted molar refractivity (Wildman–Crippen MR) is 85.5 cm³/mol. The molecule has 2 fully saturated rings. The van der Waals surface area contributed by atoms with Gasteiger partial charge in [0.1, 0.15) is 0 Å². The zero-order chi connectivity index (χ0) is 14.1.